The van der Waals surface area contributed by atoms with E-state index < -0.39 is 16.7 Å². The lowest BCUT2D eigenvalue weighted by Gasteiger charge is -2.13. The van der Waals surface area contributed by atoms with E-state index in [0.717, 1.165) is 6.42 Å². The number of nitro groups is 1. The van der Waals surface area contributed by atoms with Gasteiger partial charge in [0.05, 0.1) is 23.4 Å². The number of rotatable bonds is 6. The van der Waals surface area contributed by atoms with Crippen molar-refractivity contribution >= 4 is 28.9 Å². The molecule has 2 amide bonds. The molecule has 2 aromatic carbocycles. The second-order valence-corrected chi connectivity index (χ2v) is 7.67. The molecule has 0 atom stereocenters. The average molecular weight is 462 g/mol. The van der Waals surface area contributed by atoms with Crippen LogP contribution in [0.25, 0.3) is 0 Å². The summed E-state index contributed by atoms with van der Waals surface area (Å²) in [6, 6.07) is 12.3. The van der Waals surface area contributed by atoms with Gasteiger partial charge in [0.1, 0.15) is 11.5 Å². The van der Waals surface area contributed by atoms with Gasteiger partial charge in [-0.15, -0.1) is 0 Å². The molecule has 3 aromatic rings. The first-order valence-corrected chi connectivity index (χ1v) is 10.6. The third-order valence-electron chi connectivity index (χ3n) is 5.52. The quantitative estimate of drug-likeness (QED) is 0.416. The molecule has 0 fully saturated rings. The van der Waals surface area contributed by atoms with Crippen LogP contribution in [0.1, 0.15) is 50.6 Å². The van der Waals surface area contributed by atoms with Gasteiger partial charge in [-0.05, 0) is 44.0 Å². The van der Waals surface area contributed by atoms with E-state index in [4.69, 9.17) is 9.15 Å². The molecular formula is C24H22N4O6. The van der Waals surface area contributed by atoms with E-state index in [2.05, 4.69) is 15.8 Å². The molecule has 0 aliphatic heterocycles. The minimum Gasteiger partial charge on any atom is -0.495 e. The van der Waals surface area contributed by atoms with Crippen molar-refractivity contribution in [1.29, 1.82) is 0 Å². The lowest BCUT2D eigenvalue weighted by atomic mass is 9.93. The number of amides is 2. The number of carbonyl (C=O) groups excluding carboxylic acids is 2. The number of carbonyl (C=O) groups is 2. The summed E-state index contributed by atoms with van der Waals surface area (Å²) in [5, 5.41) is 17.9. The molecular weight excluding hydrogens is 440 g/mol. The van der Waals surface area contributed by atoms with Crippen LogP contribution in [-0.4, -0.2) is 29.6 Å². The third-order valence-corrected chi connectivity index (χ3v) is 5.52. The second kappa shape index (κ2) is 9.57. The van der Waals surface area contributed by atoms with Crippen LogP contribution >= 0.6 is 0 Å². The van der Waals surface area contributed by atoms with Crippen LogP contribution in [0.15, 0.2) is 58.0 Å². The number of ether oxygens (including phenoxy) is 1. The molecule has 174 valence electrons. The van der Waals surface area contributed by atoms with Gasteiger partial charge in [-0.1, -0.05) is 12.1 Å². The SMILES string of the molecule is COc1ccccc1NC(=O)c1oc2c(c1C)/C(=N/NC(=O)c1ccc([N+](=O)[O-])cc1)CCC2. The van der Waals surface area contributed by atoms with E-state index >= 15 is 0 Å². The summed E-state index contributed by atoms with van der Waals surface area (Å²) in [5.41, 5.74) is 5.10. The summed E-state index contributed by atoms with van der Waals surface area (Å²) >= 11 is 0. The van der Waals surface area contributed by atoms with E-state index in [1.54, 1.807) is 31.2 Å². The fourth-order valence-corrected chi connectivity index (χ4v) is 3.84. The maximum Gasteiger partial charge on any atom is 0.291 e. The number of aryl methyl sites for hydroxylation is 1. The minimum absolute atomic E-state index is 0.104. The Morgan fingerprint density at radius 1 is 1.09 bits per heavy atom. The molecule has 0 spiro atoms. The van der Waals surface area contributed by atoms with Crippen LogP contribution in [0.5, 0.6) is 5.75 Å². The number of methoxy groups -OCH3 is 1. The fraction of sp³-hybridized carbons (Fsp3) is 0.208. The molecule has 2 N–H and O–H groups in total. The van der Waals surface area contributed by atoms with Crippen LogP contribution < -0.4 is 15.5 Å². The molecule has 0 radical (unpaired) electrons. The smallest absolute Gasteiger partial charge is 0.291 e. The van der Waals surface area contributed by atoms with Gasteiger partial charge in [0.2, 0.25) is 0 Å². The maximum atomic E-state index is 12.9. The largest absolute Gasteiger partial charge is 0.495 e. The second-order valence-electron chi connectivity index (χ2n) is 7.67. The minimum atomic E-state index is -0.533. The summed E-state index contributed by atoms with van der Waals surface area (Å²) in [5.74, 6) is 0.431. The summed E-state index contributed by atoms with van der Waals surface area (Å²) in [4.78, 5) is 35.6. The average Bonchev–Trinajstić information content (AvgIpc) is 3.20. The van der Waals surface area contributed by atoms with Crippen molar-refractivity contribution in [2.75, 3.05) is 12.4 Å². The van der Waals surface area contributed by atoms with E-state index in [0.29, 0.717) is 46.9 Å². The maximum absolute atomic E-state index is 12.9. The summed E-state index contributed by atoms with van der Waals surface area (Å²) in [6.45, 7) is 1.78. The number of nitro benzene ring substituents is 1. The Labute approximate surface area is 194 Å². The number of furan rings is 1. The molecule has 0 unspecified atom stereocenters. The molecule has 4 rings (SSSR count). The van der Waals surface area contributed by atoms with Gasteiger partial charge in [-0.2, -0.15) is 5.10 Å². The van der Waals surface area contributed by atoms with Gasteiger partial charge >= 0.3 is 0 Å². The van der Waals surface area contributed by atoms with Crippen molar-refractivity contribution in [2.24, 2.45) is 5.10 Å². The third kappa shape index (κ3) is 4.51. The Balaban J connectivity index is 1.55. The van der Waals surface area contributed by atoms with Crippen molar-refractivity contribution in [1.82, 2.24) is 5.43 Å². The number of para-hydroxylation sites is 2. The van der Waals surface area contributed by atoms with Crippen molar-refractivity contribution in [3.8, 4) is 5.75 Å². The van der Waals surface area contributed by atoms with Crippen molar-refractivity contribution < 1.29 is 23.7 Å². The monoisotopic (exact) mass is 462 g/mol. The molecule has 1 heterocycles. The molecule has 1 aliphatic rings. The highest BCUT2D eigenvalue weighted by Crippen LogP contribution is 2.31. The first kappa shape index (κ1) is 22.7. The van der Waals surface area contributed by atoms with E-state index in [1.165, 1.54) is 31.4 Å². The predicted molar refractivity (Wildman–Crippen MR) is 124 cm³/mol. The topological polar surface area (TPSA) is 136 Å². The van der Waals surface area contributed by atoms with Crippen molar-refractivity contribution in [3.63, 3.8) is 0 Å². The van der Waals surface area contributed by atoms with Crippen molar-refractivity contribution in [2.45, 2.75) is 26.2 Å². The molecule has 1 aliphatic carbocycles. The number of hydrogen-bond donors (Lipinski definition) is 2. The number of fused-ring (bicyclic) bond motifs is 1. The Kier molecular flexibility index (Phi) is 6.39. The van der Waals surface area contributed by atoms with Gasteiger partial charge in [0, 0.05) is 35.2 Å². The number of nitrogens with zero attached hydrogens (tertiary/aromatic N) is 2. The van der Waals surface area contributed by atoms with E-state index in [9.17, 15) is 19.7 Å². The van der Waals surface area contributed by atoms with E-state index in [-0.39, 0.29) is 17.0 Å². The van der Waals surface area contributed by atoms with Gasteiger partial charge in [0.15, 0.2) is 5.76 Å². The molecule has 1 aromatic heterocycles. The summed E-state index contributed by atoms with van der Waals surface area (Å²) in [6.07, 6.45) is 1.99. The van der Waals surface area contributed by atoms with Crippen LogP contribution in [0, 0.1) is 17.0 Å². The van der Waals surface area contributed by atoms with E-state index in [1.807, 2.05) is 0 Å². The number of nitrogens with one attached hydrogen (secondary N) is 2. The summed E-state index contributed by atoms with van der Waals surface area (Å²) in [7, 11) is 1.52. The number of hydrogen-bond acceptors (Lipinski definition) is 7. The normalized spacial score (nSPS) is 13.8. The van der Waals surface area contributed by atoms with Crippen molar-refractivity contribution in [3.05, 3.63) is 86.9 Å². The number of hydrazone groups is 1. The zero-order valence-corrected chi connectivity index (χ0v) is 18.6. The molecule has 0 saturated carbocycles. The first-order valence-electron chi connectivity index (χ1n) is 10.6. The molecule has 34 heavy (non-hydrogen) atoms. The highest BCUT2D eigenvalue weighted by atomic mass is 16.6. The molecule has 10 heteroatoms. The number of benzene rings is 2. The highest BCUT2D eigenvalue weighted by Gasteiger charge is 2.28. The molecule has 0 saturated heterocycles. The summed E-state index contributed by atoms with van der Waals surface area (Å²) < 4.78 is 11.2. The van der Waals surface area contributed by atoms with Gasteiger partial charge < -0.3 is 14.5 Å². The fourth-order valence-electron chi connectivity index (χ4n) is 3.84. The predicted octanol–water partition coefficient (Wildman–Crippen LogP) is 4.23. The van der Waals surface area contributed by atoms with Gasteiger partial charge in [0.25, 0.3) is 17.5 Å². The molecule has 0 bridgehead atoms. The first-order chi connectivity index (χ1) is 16.4. The van der Waals surface area contributed by atoms with Gasteiger partial charge in [-0.25, -0.2) is 5.43 Å². The lowest BCUT2D eigenvalue weighted by molar-refractivity contribution is -0.384. The Morgan fingerprint density at radius 3 is 2.53 bits per heavy atom. The standard InChI is InChI=1S/C24H22N4O6/c1-14-21-18(26-27-23(29)15-10-12-16(13-11-15)28(31)32)7-5-9-20(21)34-22(14)24(30)25-17-6-3-4-8-19(17)33-2/h3-4,6,8,10-13H,5,7,9H2,1-2H3,(H,25,30)(H,27,29)/b26-18+. The van der Waals surface area contributed by atoms with Crippen LogP contribution in [0.2, 0.25) is 0 Å². The molecule has 10 nitrogen and oxygen atoms in total. The zero-order chi connectivity index (χ0) is 24.2. The van der Waals surface area contributed by atoms with Crippen LogP contribution in [0.4, 0.5) is 11.4 Å². The number of anilines is 1. The number of non-ortho nitro benzene ring substituents is 1. The van der Waals surface area contributed by atoms with Crippen LogP contribution in [-0.2, 0) is 6.42 Å². The highest BCUT2D eigenvalue weighted by molar-refractivity contribution is 6.10. The Bertz CT molecular complexity index is 1290. The Morgan fingerprint density at radius 2 is 1.82 bits per heavy atom. The van der Waals surface area contributed by atoms with Crippen LogP contribution in [0.3, 0.4) is 0 Å². The Hall–Kier alpha value is -4.47. The lowest BCUT2D eigenvalue weighted by Crippen LogP contribution is -2.22. The van der Waals surface area contributed by atoms with Gasteiger partial charge in [-0.3, -0.25) is 19.7 Å². The zero-order valence-electron chi connectivity index (χ0n) is 18.6.